The summed E-state index contributed by atoms with van der Waals surface area (Å²) in [5.74, 6) is 0.834. The predicted octanol–water partition coefficient (Wildman–Crippen LogP) is 1.50. The predicted molar refractivity (Wildman–Crippen MR) is 61.9 cm³/mol. The van der Waals surface area contributed by atoms with Crippen molar-refractivity contribution >= 4 is 0 Å². The van der Waals surface area contributed by atoms with Crippen molar-refractivity contribution in [1.29, 1.82) is 0 Å². The molecule has 0 amide bonds. The SMILES string of the molecule is CCOCC(O)CN1CCC(C)CC1C. The molecule has 0 bridgehead atoms. The summed E-state index contributed by atoms with van der Waals surface area (Å²) in [5.41, 5.74) is 0. The fourth-order valence-electron chi connectivity index (χ4n) is 2.30. The monoisotopic (exact) mass is 215 g/mol. The quantitative estimate of drug-likeness (QED) is 0.754. The number of aliphatic hydroxyl groups is 1. The molecule has 0 aromatic heterocycles. The summed E-state index contributed by atoms with van der Waals surface area (Å²) in [7, 11) is 0. The maximum atomic E-state index is 9.75. The number of rotatable bonds is 5. The third-order valence-electron chi connectivity index (χ3n) is 3.24. The van der Waals surface area contributed by atoms with Crippen LogP contribution in [0.5, 0.6) is 0 Å². The van der Waals surface area contributed by atoms with Gasteiger partial charge in [-0.2, -0.15) is 0 Å². The number of nitrogens with zero attached hydrogens (tertiary/aromatic N) is 1. The molecule has 0 aromatic carbocycles. The van der Waals surface area contributed by atoms with E-state index in [1.807, 2.05) is 6.92 Å². The first-order valence-electron chi connectivity index (χ1n) is 6.13. The van der Waals surface area contributed by atoms with E-state index in [-0.39, 0.29) is 6.10 Å². The lowest BCUT2D eigenvalue weighted by Gasteiger charge is -2.37. The molecule has 0 spiro atoms. The van der Waals surface area contributed by atoms with Crippen LogP contribution in [0.3, 0.4) is 0 Å². The number of piperidine rings is 1. The smallest absolute Gasteiger partial charge is 0.0900 e. The van der Waals surface area contributed by atoms with Crippen LogP contribution in [0.25, 0.3) is 0 Å². The van der Waals surface area contributed by atoms with Gasteiger partial charge in [-0.15, -0.1) is 0 Å². The largest absolute Gasteiger partial charge is 0.389 e. The van der Waals surface area contributed by atoms with E-state index in [2.05, 4.69) is 18.7 Å². The van der Waals surface area contributed by atoms with Gasteiger partial charge in [-0.05, 0) is 39.2 Å². The average molecular weight is 215 g/mol. The van der Waals surface area contributed by atoms with Crippen LogP contribution < -0.4 is 0 Å². The molecule has 15 heavy (non-hydrogen) atoms. The van der Waals surface area contributed by atoms with Crippen LogP contribution in [0.4, 0.5) is 0 Å². The molecule has 3 unspecified atom stereocenters. The third-order valence-corrected chi connectivity index (χ3v) is 3.24. The van der Waals surface area contributed by atoms with Crippen molar-refractivity contribution < 1.29 is 9.84 Å². The fraction of sp³-hybridized carbons (Fsp3) is 1.00. The second-order valence-electron chi connectivity index (χ2n) is 4.79. The summed E-state index contributed by atoms with van der Waals surface area (Å²) in [5, 5.41) is 9.75. The topological polar surface area (TPSA) is 32.7 Å². The van der Waals surface area contributed by atoms with E-state index in [9.17, 15) is 5.11 Å². The Balaban J connectivity index is 2.25. The van der Waals surface area contributed by atoms with Crippen molar-refractivity contribution in [1.82, 2.24) is 4.90 Å². The van der Waals surface area contributed by atoms with Crippen molar-refractivity contribution in [2.75, 3.05) is 26.3 Å². The van der Waals surface area contributed by atoms with E-state index in [4.69, 9.17) is 4.74 Å². The molecule has 1 saturated heterocycles. The maximum absolute atomic E-state index is 9.75. The summed E-state index contributed by atoms with van der Waals surface area (Å²) < 4.78 is 5.22. The molecule has 0 aliphatic carbocycles. The van der Waals surface area contributed by atoms with Gasteiger partial charge >= 0.3 is 0 Å². The van der Waals surface area contributed by atoms with E-state index in [0.717, 1.165) is 19.0 Å². The van der Waals surface area contributed by atoms with E-state index < -0.39 is 0 Å². The molecular weight excluding hydrogens is 190 g/mol. The first kappa shape index (κ1) is 12.9. The molecule has 0 saturated carbocycles. The van der Waals surface area contributed by atoms with Gasteiger partial charge in [-0.25, -0.2) is 0 Å². The number of hydrogen-bond donors (Lipinski definition) is 1. The standard InChI is InChI=1S/C12H25NO2/c1-4-15-9-12(14)8-13-6-5-10(2)7-11(13)3/h10-12,14H,4-9H2,1-3H3. The minimum Gasteiger partial charge on any atom is -0.389 e. The fourth-order valence-corrected chi connectivity index (χ4v) is 2.30. The molecule has 1 aliphatic heterocycles. The average Bonchev–Trinajstić information content (AvgIpc) is 2.19. The highest BCUT2D eigenvalue weighted by molar-refractivity contribution is 4.78. The minimum atomic E-state index is -0.333. The van der Waals surface area contributed by atoms with Gasteiger partial charge in [0.1, 0.15) is 0 Å². The Bertz CT molecular complexity index is 175. The minimum absolute atomic E-state index is 0.333. The highest BCUT2D eigenvalue weighted by Gasteiger charge is 2.24. The van der Waals surface area contributed by atoms with Gasteiger partial charge in [0.05, 0.1) is 12.7 Å². The Morgan fingerprint density at radius 2 is 2.20 bits per heavy atom. The summed E-state index contributed by atoms with van der Waals surface area (Å²) in [6.45, 7) is 9.55. The lowest BCUT2D eigenvalue weighted by molar-refractivity contribution is 0.00344. The third kappa shape index (κ3) is 4.49. The van der Waals surface area contributed by atoms with Crippen molar-refractivity contribution in [3.8, 4) is 0 Å². The van der Waals surface area contributed by atoms with Crippen LogP contribution in [-0.4, -0.2) is 48.5 Å². The second-order valence-corrected chi connectivity index (χ2v) is 4.79. The summed E-state index contributed by atoms with van der Waals surface area (Å²) in [4.78, 5) is 2.38. The molecule has 0 radical (unpaired) electrons. The molecule has 1 fully saturated rings. The second kappa shape index (κ2) is 6.46. The highest BCUT2D eigenvalue weighted by Crippen LogP contribution is 2.21. The Labute approximate surface area is 93.4 Å². The van der Waals surface area contributed by atoms with Crippen LogP contribution >= 0.6 is 0 Å². The Morgan fingerprint density at radius 3 is 2.80 bits per heavy atom. The maximum Gasteiger partial charge on any atom is 0.0900 e. The Hall–Kier alpha value is -0.120. The molecule has 90 valence electrons. The molecule has 3 atom stereocenters. The Morgan fingerprint density at radius 1 is 1.47 bits per heavy atom. The van der Waals surface area contributed by atoms with E-state index in [1.165, 1.54) is 12.8 Å². The van der Waals surface area contributed by atoms with E-state index in [0.29, 0.717) is 19.3 Å². The molecule has 3 nitrogen and oxygen atoms in total. The molecule has 1 aliphatic rings. The number of likely N-dealkylation sites (tertiary alicyclic amines) is 1. The zero-order chi connectivity index (χ0) is 11.3. The molecule has 1 heterocycles. The first-order valence-corrected chi connectivity index (χ1v) is 6.13. The molecule has 0 aromatic rings. The zero-order valence-corrected chi connectivity index (χ0v) is 10.3. The molecule has 3 heteroatoms. The van der Waals surface area contributed by atoms with Gasteiger partial charge in [-0.3, -0.25) is 4.90 Å². The van der Waals surface area contributed by atoms with Gasteiger partial charge in [0, 0.05) is 19.2 Å². The zero-order valence-electron chi connectivity index (χ0n) is 10.3. The summed E-state index contributed by atoms with van der Waals surface area (Å²) >= 11 is 0. The van der Waals surface area contributed by atoms with Crippen molar-refractivity contribution in [3.05, 3.63) is 0 Å². The van der Waals surface area contributed by atoms with Crippen molar-refractivity contribution in [2.45, 2.75) is 45.8 Å². The number of aliphatic hydroxyl groups excluding tert-OH is 1. The number of hydrogen-bond acceptors (Lipinski definition) is 3. The highest BCUT2D eigenvalue weighted by atomic mass is 16.5. The van der Waals surface area contributed by atoms with Crippen LogP contribution in [0.2, 0.25) is 0 Å². The molecule has 1 N–H and O–H groups in total. The van der Waals surface area contributed by atoms with Gasteiger partial charge < -0.3 is 9.84 Å². The first-order chi connectivity index (χ1) is 7.13. The summed E-state index contributed by atoms with van der Waals surface area (Å²) in [6.07, 6.45) is 2.17. The summed E-state index contributed by atoms with van der Waals surface area (Å²) in [6, 6.07) is 0.602. The lowest BCUT2D eigenvalue weighted by Crippen LogP contribution is -2.45. The van der Waals surface area contributed by atoms with Gasteiger partial charge in [0.2, 0.25) is 0 Å². The van der Waals surface area contributed by atoms with Crippen LogP contribution in [-0.2, 0) is 4.74 Å². The normalized spacial score (nSPS) is 30.4. The van der Waals surface area contributed by atoms with Crippen LogP contribution in [0.15, 0.2) is 0 Å². The van der Waals surface area contributed by atoms with Crippen LogP contribution in [0.1, 0.15) is 33.6 Å². The van der Waals surface area contributed by atoms with E-state index in [1.54, 1.807) is 0 Å². The van der Waals surface area contributed by atoms with Gasteiger partial charge in [-0.1, -0.05) is 6.92 Å². The number of ether oxygens (including phenoxy) is 1. The lowest BCUT2D eigenvalue weighted by atomic mass is 9.93. The van der Waals surface area contributed by atoms with Crippen molar-refractivity contribution in [3.63, 3.8) is 0 Å². The van der Waals surface area contributed by atoms with E-state index >= 15 is 0 Å². The molecule has 1 rings (SSSR count). The number of β-amino-alcohol motifs (C(OH)–C–C–N with tert-alkyl or cyclic N) is 1. The van der Waals surface area contributed by atoms with Gasteiger partial charge in [0.15, 0.2) is 0 Å². The van der Waals surface area contributed by atoms with Crippen molar-refractivity contribution in [2.24, 2.45) is 5.92 Å². The van der Waals surface area contributed by atoms with Crippen LogP contribution in [0, 0.1) is 5.92 Å². The Kier molecular flexibility index (Phi) is 5.58. The molecular formula is C12H25NO2. The van der Waals surface area contributed by atoms with Gasteiger partial charge in [0.25, 0.3) is 0 Å².